The molecular weight excluding hydrogens is 364 g/mol. The Balaban J connectivity index is 1.88. The molecule has 0 aliphatic carbocycles. The van der Waals surface area contributed by atoms with Crippen molar-refractivity contribution in [1.29, 1.82) is 0 Å². The first kappa shape index (κ1) is 19.5. The number of carbonyl (C=O) groups is 3. The number of nitrogens with one attached hydrogen (secondary N) is 1. The van der Waals surface area contributed by atoms with Crippen LogP contribution in [0.4, 0.5) is 11.4 Å². The molecule has 0 spiro atoms. The highest BCUT2D eigenvalue weighted by Gasteiger charge is 2.24. The summed E-state index contributed by atoms with van der Waals surface area (Å²) >= 11 is 0. The molecular formula is C20H22N2O6. The smallest absolute Gasteiger partial charge is 0.311 e. The Morgan fingerprint density at radius 1 is 1.32 bits per heavy atom. The van der Waals surface area contributed by atoms with Crippen LogP contribution >= 0.6 is 0 Å². The van der Waals surface area contributed by atoms with Crippen LogP contribution in [-0.4, -0.2) is 36.5 Å². The van der Waals surface area contributed by atoms with Gasteiger partial charge in [0.1, 0.15) is 17.9 Å². The monoisotopic (exact) mass is 386 g/mol. The topological polar surface area (TPSA) is 109 Å². The minimum absolute atomic E-state index is 0.0162. The van der Waals surface area contributed by atoms with Gasteiger partial charge in [-0.3, -0.25) is 14.4 Å². The first-order valence-corrected chi connectivity index (χ1v) is 8.99. The zero-order valence-electron chi connectivity index (χ0n) is 15.8. The van der Waals surface area contributed by atoms with E-state index in [1.807, 2.05) is 0 Å². The number of carbonyl (C=O) groups excluding carboxylic acids is 2. The molecule has 148 valence electrons. The second kappa shape index (κ2) is 8.16. The van der Waals surface area contributed by atoms with Gasteiger partial charge in [-0.25, -0.2) is 0 Å². The van der Waals surface area contributed by atoms with Crippen molar-refractivity contribution in [2.45, 2.75) is 32.6 Å². The molecule has 8 heteroatoms. The quantitative estimate of drug-likeness (QED) is 0.790. The van der Waals surface area contributed by atoms with Gasteiger partial charge in [-0.05, 0) is 38.0 Å². The van der Waals surface area contributed by atoms with Crippen LogP contribution in [-0.2, 0) is 16.0 Å². The summed E-state index contributed by atoms with van der Waals surface area (Å²) in [6.45, 7) is 2.27. The highest BCUT2D eigenvalue weighted by Crippen LogP contribution is 2.34. The number of carboxylic acids is 1. The summed E-state index contributed by atoms with van der Waals surface area (Å²) in [6.07, 6.45) is 3.22. The molecule has 1 aromatic carbocycles. The molecule has 28 heavy (non-hydrogen) atoms. The summed E-state index contributed by atoms with van der Waals surface area (Å²) < 4.78 is 10.6. The molecule has 0 atom stereocenters. The summed E-state index contributed by atoms with van der Waals surface area (Å²) in [6, 6.07) is 5.04. The lowest BCUT2D eigenvalue weighted by Gasteiger charge is -2.28. The number of carboxylic acid groups (broad SMARTS) is 1. The zero-order valence-corrected chi connectivity index (χ0v) is 15.8. The van der Waals surface area contributed by atoms with Crippen molar-refractivity contribution >= 4 is 29.2 Å². The summed E-state index contributed by atoms with van der Waals surface area (Å²) in [5, 5.41) is 11.8. The number of ether oxygens (including phenoxy) is 1. The molecule has 8 nitrogen and oxygen atoms in total. The van der Waals surface area contributed by atoms with Crippen LogP contribution in [0.2, 0.25) is 0 Å². The van der Waals surface area contributed by atoms with E-state index in [9.17, 15) is 14.4 Å². The number of piperidine rings is 1. The minimum atomic E-state index is -1.08. The van der Waals surface area contributed by atoms with E-state index in [-0.39, 0.29) is 23.7 Å². The number of furan rings is 1. The molecule has 0 radical (unpaired) electrons. The van der Waals surface area contributed by atoms with Crippen LogP contribution in [0, 0.1) is 6.92 Å². The Kier molecular flexibility index (Phi) is 5.67. The number of benzene rings is 1. The number of methoxy groups -OCH3 is 1. The van der Waals surface area contributed by atoms with E-state index in [1.165, 1.54) is 13.4 Å². The summed E-state index contributed by atoms with van der Waals surface area (Å²) in [5.41, 5.74) is 1.82. The van der Waals surface area contributed by atoms with Gasteiger partial charge in [0, 0.05) is 24.2 Å². The van der Waals surface area contributed by atoms with Gasteiger partial charge in [0.15, 0.2) is 0 Å². The first-order valence-electron chi connectivity index (χ1n) is 8.99. The number of amides is 2. The average molecular weight is 386 g/mol. The Hall–Kier alpha value is -3.29. The summed E-state index contributed by atoms with van der Waals surface area (Å²) in [4.78, 5) is 37.7. The van der Waals surface area contributed by atoms with Crippen molar-refractivity contribution in [3.05, 3.63) is 41.3 Å². The number of aliphatic carboxylic acids is 1. The third-order valence-electron chi connectivity index (χ3n) is 4.64. The van der Waals surface area contributed by atoms with Crippen molar-refractivity contribution in [3.63, 3.8) is 0 Å². The van der Waals surface area contributed by atoms with Crippen LogP contribution in [0.15, 0.2) is 28.9 Å². The first-order chi connectivity index (χ1) is 13.4. The second-order valence-corrected chi connectivity index (χ2v) is 6.63. The number of nitrogens with zero attached hydrogens (tertiary/aromatic N) is 1. The van der Waals surface area contributed by atoms with Crippen molar-refractivity contribution in [3.8, 4) is 5.75 Å². The summed E-state index contributed by atoms with van der Waals surface area (Å²) in [5.74, 6) is -0.897. The lowest BCUT2D eigenvalue weighted by Crippen LogP contribution is -2.35. The zero-order chi connectivity index (χ0) is 20.3. The molecule has 1 saturated heterocycles. The highest BCUT2D eigenvalue weighted by atomic mass is 16.5. The normalized spacial score (nSPS) is 14.1. The number of hydrogen-bond donors (Lipinski definition) is 2. The molecule has 0 bridgehead atoms. The third kappa shape index (κ3) is 4.00. The van der Waals surface area contributed by atoms with Crippen LogP contribution in [0.1, 0.15) is 40.9 Å². The van der Waals surface area contributed by atoms with E-state index in [0.717, 1.165) is 12.8 Å². The molecule has 2 amide bonds. The summed E-state index contributed by atoms with van der Waals surface area (Å²) in [7, 11) is 1.53. The second-order valence-electron chi connectivity index (χ2n) is 6.63. The lowest BCUT2D eigenvalue weighted by atomic mass is 10.1. The minimum Gasteiger partial charge on any atom is -0.495 e. The molecule has 2 aromatic rings. The number of hydrogen-bond acceptors (Lipinski definition) is 5. The van der Waals surface area contributed by atoms with Crippen molar-refractivity contribution in [1.82, 2.24) is 0 Å². The van der Waals surface area contributed by atoms with Gasteiger partial charge in [-0.1, -0.05) is 0 Å². The Morgan fingerprint density at radius 2 is 2.11 bits per heavy atom. The van der Waals surface area contributed by atoms with E-state index in [2.05, 4.69) is 5.32 Å². The van der Waals surface area contributed by atoms with Gasteiger partial charge in [0.05, 0.1) is 24.6 Å². The van der Waals surface area contributed by atoms with E-state index in [1.54, 1.807) is 30.0 Å². The number of rotatable bonds is 6. The third-order valence-corrected chi connectivity index (χ3v) is 4.64. The Morgan fingerprint density at radius 3 is 2.79 bits per heavy atom. The van der Waals surface area contributed by atoms with Crippen molar-refractivity contribution < 1.29 is 28.6 Å². The Labute approximate surface area is 162 Å². The number of anilines is 2. The SMILES string of the molecule is COc1ccc(NC(=O)c2c(C)coc2CC(=O)O)cc1N1CCCCC1=O. The van der Waals surface area contributed by atoms with Gasteiger partial charge in [-0.15, -0.1) is 0 Å². The molecule has 1 aromatic heterocycles. The predicted molar refractivity (Wildman–Crippen MR) is 102 cm³/mol. The van der Waals surface area contributed by atoms with E-state index in [0.29, 0.717) is 35.7 Å². The fourth-order valence-corrected chi connectivity index (χ4v) is 3.30. The van der Waals surface area contributed by atoms with Crippen LogP contribution in [0.3, 0.4) is 0 Å². The van der Waals surface area contributed by atoms with Crippen molar-refractivity contribution in [2.75, 3.05) is 23.9 Å². The van der Waals surface area contributed by atoms with Crippen molar-refractivity contribution in [2.24, 2.45) is 0 Å². The Bertz CT molecular complexity index is 917. The van der Waals surface area contributed by atoms with Crippen LogP contribution < -0.4 is 15.0 Å². The van der Waals surface area contributed by atoms with Gasteiger partial charge in [0.2, 0.25) is 5.91 Å². The molecule has 2 heterocycles. The predicted octanol–water partition coefficient (Wildman–Crippen LogP) is 2.99. The van der Waals surface area contributed by atoms with Gasteiger partial charge < -0.3 is 24.5 Å². The molecule has 3 rings (SSSR count). The maximum absolute atomic E-state index is 12.7. The number of aryl methyl sites for hydroxylation is 1. The molecule has 2 N–H and O–H groups in total. The van der Waals surface area contributed by atoms with E-state index < -0.39 is 11.9 Å². The van der Waals surface area contributed by atoms with Crippen LogP contribution in [0.5, 0.6) is 5.75 Å². The molecule has 0 unspecified atom stereocenters. The maximum atomic E-state index is 12.7. The van der Waals surface area contributed by atoms with Crippen LogP contribution in [0.25, 0.3) is 0 Å². The fraction of sp³-hybridized carbons (Fsp3) is 0.350. The molecule has 1 aliphatic heterocycles. The van der Waals surface area contributed by atoms with E-state index >= 15 is 0 Å². The fourth-order valence-electron chi connectivity index (χ4n) is 3.30. The lowest BCUT2D eigenvalue weighted by molar-refractivity contribution is -0.136. The highest BCUT2D eigenvalue weighted by molar-refractivity contribution is 6.07. The maximum Gasteiger partial charge on any atom is 0.311 e. The van der Waals surface area contributed by atoms with E-state index in [4.69, 9.17) is 14.3 Å². The molecule has 1 fully saturated rings. The molecule has 1 aliphatic rings. The largest absolute Gasteiger partial charge is 0.495 e. The average Bonchev–Trinajstić information content (AvgIpc) is 3.01. The molecule has 0 saturated carbocycles. The van der Waals surface area contributed by atoms with Gasteiger partial charge in [-0.2, -0.15) is 0 Å². The standard InChI is InChI=1S/C20H22N2O6/c1-12-11-28-16(10-18(24)25)19(12)20(26)21-13-6-7-15(27-2)14(9-13)22-8-4-3-5-17(22)23/h6-7,9,11H,3-5,8,10H2,1-2H3,(H,21,26)(H,24,25). The van der Waals surface area contributed by atoms with Gasteiger partial charge in [0.25, 0.3) is 5.91 Å². The van der Waals surface area contributed by atoms with Gasteiger partial charge >= 0.3 is 5.97 Å².